The number of primary amides is 1. The van der Waals surface area contributed by atoms with Crippen molar-refractivity contribution in [1.82, 2.24) is 0 Å². The van der Waals surface area contributed by atoms with E-state index in [-0.39, 0.29) is 10.6 Å². The standard InChI is InChI=1S/C8H8O3S.C7H5ClFNO/c9-12(10,11)7-6-8-4-2-1-3-5-8;8-6-3-4(9)1-2-5(6)7(10)11/h1-7H,(H,9,10,11);1-3H,(H2,10,11)/b7-6+;. The van der Waals surface area contributed by atoms with E-state index in [4.69, 9.17) is 21.9 Å². The summed E-state index contributed by atoms with van der Waals surface area (Å²) in [6.07, 6.45) is 1.33. The lowest BCUT2D eigenvalue weighted by molar-refractivity contribution is 0.100. The quantitative estimate of drug-likeness (QED) is 0.824. The lowest BCUT2D eigenvalue weighted by Crippen LogP contribution is -2.11. The molecule has 0 heterocycles. The van der Waals surface area contributed by atoms with Crippen LogP contribution in [0.15, 0.2) is 53.9 Å². The van der Waals surface area contributed by atoms with Crippen molar-refractivity contribution < 1.29 is 22.2 Å². The molecule has 2 aromatic carbocycles. The maximum atomic E-state index is 12.4. The lowest BCUT2D eigenvalue weighted by atomic mass is 10.2. The number of carbonyl (C=O) groups is 1. The number of nitrogens with two attached hydrogens (primary N) is 1. The second-order valence-corrected chi connectivity index (χ2v) is 5.93. The molecular weight excluding hydrogens is 345 g/mol. The molecule has 1 amide bonds. The number of halogens is 2. The van der Waals surface area contributed by atoms with Crippen molar-refractivity contribution in [2.24, 2.45) is 5.73 Å². The molecule has 23 heavy (non-hydrogen) atoms. The molecule has 5 nitrogen and oxygen atoms in total. The van der Waals surface area contributed by atoms with E-state index in [9.17, 15) is 17.6 Å². The number of carbonyl (C=O) groups excluding carboxylic acids is 1. The Morgan fingerprint density at radius 1 is 1.17 bits per heavy atom. The van der Waals surface area contributed by atoms with Gasteiger partial charge in [-0.15, -0.1) is 0 Å². The highest BCUT2D eigenvalue weighted by Gasteiger charge is 2.05. The predicted octanol–water partition coefficient (Wildman–Crippen LogP) is 3.12. The average Bonchev–Trinajstić information content (AvgIpc) is 2.46. The third kappa shape index (κ3) is 7.55. The third-order valence-corrected chi connectivity index (χ3v) is 3.22. The summed E-state index contributed by atoms with van der Waals surface area (Å²) in [6, 6.07) is 12.3. The third-order valence-electron chi connectivity index (χ3n) is 2.43. The Morgan fingerprint density at radius 3 is 2.26 bits per heavy atom. The van der Waals surface area contributed by atoms with Crippen LogP contribution in [-0.4, -0.2) is 18.9 Å². The van der Waals surface area contributed by atoms with Crippen LogP contribution >= 0.6 is 11.6 Å². The van der Waals surface area contributed by atoms with Crippen LogP contribution in [0, 0.1) is 5.82 Å². The average molecular weight is 358 g/mol. The molecule has 0 saturated heterocycles. The van der Waals surface area contributed by atoms with Crippen LogP contribution in [0.1, 0.15) is 15.9 Å². The summed E-state index contributed by atoms with van der Waals surface area (Å²) in [4.78, 5) is 10.5. The summed E-state index contributed by atoms with van der Waals surface area (Å²) < 4.78 is 41.3. The Labute approximate surface area is 137 Å². The summed E-state index contributed by atoms with van der Waals surface area (Å²) in [7, 11) is -4.00. The van der Waals surface area contributed by atoms with Gasteiger partial charge in [-0.25, -0.2) is 4.39 Å². The minimum absolute atomic E-state index is 0.0394. The molecule has 122 valence electrons. The number of hydrogen-bond acceptors (Lipinski definition) is 3. The van der Waals surface area contributed by atoms with Crippen molar-refractivity contribution in [2.75, 3.05) is 0 Å². The Balaban J connectivity index is 0.000000231. The van der Waals surface area contributed by atoms with E-state index < -0.39 is 21.8 Å². The second kappa shape index (κ2) is 8.42. The largest absolute Gasteiger partial charge is 0.366 e. The molecule has 0 aliphatic carbocycles. The van der Waals surface area contributed by atoms with Gasteiger partial charge in [-0.1, -0.05) is 41.9 Å². The van der Waals surface area contributed by atoms with E-state index in [1.54, 1.807) is 24.3 Å². The first-order valence-electron chi connectivity index (χ1n) is 6.14. The van der Waals surface area contributed by atoms with Gasteiger partial charge in [0.25, 0.3) is 10.1 Å². The monoisotopic (exact) mass is 357 g/mol. The molecule has 0 aliphatic rings. The van der Waals surface area contributed by atoms with Crippen molar-refractivity contribution in [3.8, 4) is 0 Å². The summed E-state index contributed by atoms with van der Waals surface area (Å²) in [5, 5.41) is 0.792. The highest BCUT2D eigenvalue weighted by molar-refractivity contribution is 7.88. The minimum atomic E-state index is -4.00. The molecule has 0 spiro atoms. The number of hydrogen-bond donors (Lipinski definition) is 2. The van der Waals surface area contributed by atoms with Gasteiger partial charge in [-0.3, -0.25) is 9.35 Å². The van der Waals surface area contributed by atoms with Gasteiger partial charge in [0.1, 0.15) is 5.82 Å². The van der Waals surface area contributed by atoms with Crippen LogP contribution in [0.25, 0.3) is 6.08 Å². The van der Waals surface area contributed by atoms with Crippen LogP contribution in [0.2, 0.25) is 5.02 Å². The zero-order valence-electron chi connectivity index (χ0n) is 11.7. The predicted molar refractivity (Wildman–Crippen MR) is 87.0 cm³/mol. The molecular formula is C15H13ClFNO4S. The van der Waals surface area contributed by atoms with E-state index in [1.807, 2.05) is 6.07 Å². The first-order valence-corrected chi connectivity index (χ1v) is 8.02. The molecule has 0 saturated carbocycles. The maximum Gasteiger partial charge on any atom is 0.287 e. The van der Waals surface area contributed by atoms with Gasteiger partial charge in [0.2, 0.25) is 5.91 Å². The molecule has 8 heteroatoms. The maximum absolute atomic E-state index is 12.4. The Morgan fingerprint density at radius 2 is 1.78 bits per heavy atom. The smallest absolute Gasteiger partial charge is 0.287 e. The van der Waals surface area contributed by atoms with Crippen LogP contribution in [0.3, 0.4) is 0 Å². The molecule has 3 N–H and O–H groups in total. The van der Waals surface area contributed by atoms with Gasteiger partial charge in [0.15, 0.2) is 0 Å². The van der Waals surface area contributed by atoms with Crippen LogP contribution < -0.4 is 5.73 Å². The van der Waals surface area contributed by atoms with Crippen molar-refractivity contribution in [1.29, 1.82) is 0 Å². The first-order chi connectivity index (χ1) is 10.7. The molecule has 2 aromatic rings. The fourth-order valence-corrected chi connectivity index (χ4v) is 2.01. The fourth-order valence-electron chi connectivity index (χ4n) is 1.42. The zero-order valence-corrected chi connectivity index (χ0v) is 13.3. The number of rotatable bonds is 3. The molecule has 0 fully saturated rings. The van der Waals surface area contributed by atoms with Crippen molar-refractivity contribution >= 4 is 33.7 Å². The van der Waals surface area contributed by atoms with Crippen molar-refractivity contribution in [3.05, 3.63) is 75.9 Å². The van der Waals surface area contributed by atoms with Crippen LogP contribution in [0.5, 0.6) is 0 Å². The summed E-state index contributed by atoms with van der Waals surface area (Å²) in [5.41, 5.74) is 5.78. The first kappa shape index (κ1) is 18.8. The number of amides is 1. The molecule has 0 aromatic heterocycles. The Bertz CT molecular complexity index is 807. The SMILES string of the molecule is NC(=O)c1ccc(F)cc1Cl.O=S(=O)(O)/C=C/c1ccccc1. The van der Waals surface area contributed by atoms with Crippen LogP contribution in [0.4, 0.5) is 4.39 Å². The van der Waals surface area contributed by atoms with E-state index >= 15 is 0 Å². The summed E-state index contributed by atoms with van der Waals surface area (Å²) in [5.74, 6) is -1.14. The van der Waals surface area contributed by atoms with E-state index in [0.717, 1.165) is 23.1 Å². The van der Waals surface area contributed by atoms with E-state index in [0.29, 0.717) is 0 Å². The molecule has 0 unspecified atom stereocenters. The van der Waals surface area contributed by atoms with Crippen molar-refractivity contribution in [2.45, 2.75) is 0 Å². The molecule has 2 rings (SSSR count). The number of benzene rings is 2. The van der Waals surface area contributed by atoms with Gasteiger partial charge in [-0.05, 0) is 29.8 Å². The topological polar surface area (TPSA) is 97.5 Å². The van der Waals surface area contributed by atoms with Gasteiger partial charge in [0, 0.05) is 0 Å². The van der Waals surface area contributed by atoms with E-state index in [1.165, 1.54) is 12.1 Å². The Kier molecular flexibility index (Phi) is 6.89. The summed E-state index contributed by atoms with van der Waals surface area (Å²) >= 11 is 5.48. The van der Waals surface area contributed by atoms with Gasteiger partial charge >= 0.3 is 0 Å². The van der Waals surface area contributed by atoms with Gasteiger partial charge in [-0.2, -0.15) is 8.42 Å². The molecule has 0 aliphatic heterocycles. The van der Waals surface area contributed by atoms with Gasteiger partial charge in [0.05, 0.1) is 16.0 Å². The van der Waals surface area contributed by atoms with Crippen LogP contribution in [-0.2, 0) is 10.1 Å². The Hall–Kier alpha value is -2.22. The molecule has 0 bridgehead atoms. The second-order valence-electron chi connectivity index (χ2n) is 4.22. The van der Waals surface area contributed by atoms with E-state index in [2.05, 4.69) is 0 Å². The molecule has 0 radical (unpaired) electrons. The normalized spacial score (nSPS) is 10.9. The lowest BCUT2D eigenvalue weighted by Gasteiger charge is -1.97. The summed E-state index contributed by atoms with van der Waals surface area (Å²) in [6.45, 7) is 0. The minimum Gasteiger partial charge on any atom is -0.366 e. The molecule has 0 atom stereocenters. The fraction of sp³-hybridized carbons (Fsp3) is 0. The zero-order chi connectivity index (χ0) is 17.5. The highest BCUT2D eigenvalue weighted by atomic mass is 35.5. The highest BCUT2D eigenvalue weighted by Crippen LogP contribution is 2.16. The van der Waals surface area contributed by atoms with Gasteiger partial charge < -0.3 is 5.73 Å². The van der Waals surface area contributed by atoms with Crippen molar-refractivity contribution in [3.63, 3.8) is 0 Å².